The monoisotopic (exact) mass is 368 g/mol. The molecule has 1 heterocycles. The minimum absolute atomic E-state index is 0.252. The van der Waals surface area contributed by atoms with Gasteiger partial charge < -0.3 is 10.3 Å². The second-order valence-electron chi connectivity index (χ2n) is 5.30. The highest BCUT2D eigenvalue weighted by atomic mass is 35.5. The summed E-state index contributed by atoms with van der Waals surface area (Å²) < 4.78 is 0. The molecule has 0 unspecified atom stereocenters. The van der Waals surface area contributed by atoms with Crippen LogP contribution in [0.5, 0.6) is 0 Å². The number of pyridine rings is 1. The van der Waals surface area contributed by atoms with E-state index in [2.05, 4.69) is 20.8 Å². The van der Waals surface area contributed by atoms with Crippen LogP contribution in [0, 0.1) is 0 Å². The van der Waals surface area contributed by atoms with E-state index in [9.17, 15) is 14.4 Å². The van der Waals surface area contributed by atoms with Crippen LogP contribution in [0.15, 0.2) is 64.5 Å². The number of para-hydroxylation sites is 1. The summed E-state index contributed by atoms with van der Waals surface area (Å²) in [4.78, 5) is 38.2. The van der Waals surface area contributed by atoms with Crippen LogP contribution in [-0.4, -0.2) is 23.0 Å². The zero-order valence-corrected chi connectivity index (χ0v) is 14.1. The summed E-state index contributed by atoms with van der Waals surface area (Å²) in [7, 11) is 0. The molecule has 0 aliphatic carbocycles. The van der Waals surface area contributed by atoms with Gasteiger partial charge in [-0.1, -0.05) is 29.8 Å². The van der Waals surface area contributed by atoms with Crippen LogP contribution in [0.2, 0.25) is 5.02 Å². The van der Waals surface area contributed by atoms with E-state index in [-0.39, 0.29) is 11.1 Å². The van der Waals surface area contributed by atoms with Crippen LogP contribution >= 0.6 is 11.6 Å². The van der Waals surface area contributed by atoms with Crippen molar-refractivity contribution in [3.63, 3.8) is 0 Å². The first-order chi connectivity index (χ1) is 12.5. The van der Waals surface area contributed by atoms with Crippen molar-refractivity contribution in [2.75, 3.05) is 5.32 Å². The fourth-order valence-electron chi connectivity index (χ4n) is 2.19. The number of hydrogen-bond acceptors (Lipinski definition) is 4. The van der Waals surface area contributed by atoms with Gasteiger partial charge in [-0.05, 0) is 41.8 Å². The van der Waals surface area contributed by atoms with Crippen molar-refractivity contribution >= 4 is 46.2 Å². The molecule has 2 amide bonds. The molecular weight excluding hydrogens is 356 g/mol. The Bertz CT molecular complexity index is 1060. The fourth-order valence-corrected chi connectivity index (χ4v) is 2.32. The maximum absolute atomic E-state index is 12.0. The summed E-state index contributed by atoms with van der Waals surface area (Å²) in [5, 5.41) is 7.39. The number of aromatic amines is 1. The van der Waals surface area contributed by atoms with Gasteiger partial charge >= 0.3 is 11.8 Å². The Kier molecular flexibility index (Phi) is 5.09. The lowest BCUT2D eigenvalue weighted by Crippen LogP contribution is -2.32. The molecule has 3 rings (SSSR count). The first-order valence-electron chi connectivity index (χ1n) is 7.55. The molecule has 0 bridgehead atoms. The molecule has 26 heavy (non-hydrogen) atoms. The van der Waals surface area contributed by atoms with Gasteiger partial charge in [0.1, 0.15) is 0 Å². The highest BCUT2D eigenvalue weighted by Gasteiger charge is 2.12. The van der Waals surface area contributed by atoms with Crippen molar-refractivity contribution in [2.24, 2.45) is 5.10 Å². The summed E-state index contributed by atoms with van der Waals surface area (Å²) in [5.41, 5.74) is 3.09. The van der Waals surface area contributed by atoms with Crippen LogP contribution in [0.25, 0.3) is 10.9 Å². The number of carbonyl (C=O) groups excluding carboxylic acids is 2. The topological polar surface area (TPSA) is 103 Å². The molecular formula is C18H13ClN4O3. The molecule has 8 heteroatoms. The van der Waals surface area contributed by atoms with E-state index in [0.717, 1.165) is 5.39 Å². The summed E-state index contributed by atoms with van der Waals surface area (Å²) in [6.45, 7) is 0. The highest BCUT2D eigenvalue weighted by molar-refractivity contribution is 6.39. The van der Waals surface area contributed by atoms with E-state index in [1.807, 2.05) is 18.2 Å². The van der Waals surface area contributed by atoms with Gasteiger partial charge in [-0.3, -0.25) is 14.4 Å². The number of aromatic nitrogens is 1. The van der Waals surface area contributed by atoms with Crippen molar-refractivity contribution in [2.45, 2.75) is 0 Å². The van der Waals surface area contributed by atoms with Crippen molar-refractivity contribution < 1.29 is 9.59 Å². The molecule has 7 nitrogen and oxygen atoms in total. The quantitative estimate of drug-likeness (QED) is 0.375. The van der Waals surface area contributed by atoms with Crippen LogP contribution in [-0.2, 0) is 9.59 Å². The second-order valence-corrected chi connectivity index (χ2v) is 5.74. The Morgan fingerprint density at radius 3 is 2.54 bits per heavy atom. The first kappa shape index (κ1) is 17.4. The zero-order valence-electron chi connectivity index (χ0n) is 13.3. The molecule has 0 saturated heterocycles. The number of amides is 2. The van der Waals surface area contributed by atoms with E-state index < -0.39 is 11.8 Å². The number of benzene rings is 2. The summed E-state index contributed by atoms with van der Waals surface area (Å²) in [6, 6.07) is 15.2. The minimum atomic E-state index is -0.964. The summed E-state index contributed by atoms with van der Waals surface area (Å²) >= 11 is 5.75. The number of carbonyl (C=O) groups is 2. The predicted molar refractivity (Wildman–Crippen MR) is 100 cm³/mol. The van der Waals surface area contributed by atoms with Crippen molar-refractivity contribution in [3.05, 3.63) is 75.5 Å². The number of anilines is 1. The van der Waals surface area contributed by atoms with Gasteiger partial charge in [-0.2, -0.15) is 5.10 Å². The molecule has 0 radical (unpaired) electrons. The van der Waals surface area contributed by atoms with Gasteiger partial charge in [-0.15, -0.1) is 0 Å². The van der Waals surface area contributed by atoms with Crippen molar-refractivity contribution in [3.8, 4) is 0 Å². The van der Waals surface area contributed by atoms with Crippen molar-refractivity contribution in [1.82, 2.24) is 10.4 Å². The average Bonchev–Trinajstić information content (AvgIpc) is 2.63. The standard InChI is InChI=1S/C18H13ClN4O3/c19-13-5-7-14(8-6-13)21-17(25)18(26)23-20-10-12-9-11-3-1-2-4-15(11)22-16(12)24/h1-10H,(H,21,25)(H,22,24)(H,23,26). The molecule has 0 fully saturated rings. The van der Waals surface area contributed by atoms with Crippen LogP contribution in [0.1, 0.15) is 5.56 Å². The third kappa shape index (κ3) is 4.14. The number of H-pyrrole nitrogens is 1. The largest absolute Gasteiger partial charge is 0.329 e. The number of nitrogens with zero attached hydrogens (tertiary/aromatic N) is 1. The Balaban J connectivity index is 1.65. The van der Waals surface area contributed by atoms with Crippen molar-refractivity contribution in [1.29, 1.82) is 0 Å². The molecule has 130 valence electrons. The molecule has 0 spiro atoms. The van der Waals surface area contributed by atoms with E-state index in [1.54, 1.807) is 36.4 Å². The third-order valence-corrected chi connectivity index (χ3v) is 3.71. The lowest BCUT2D eigenvalue weighted by atomic mass is 10.2. The maximum atomic E-state index is 12.0. The second kappa shape index (κ2) is 7.62. The van der Waals surface area contributed by atoms with Crippen LogP contribution < -0.4 is 16.3 Å². The SMILES string of the molecule is O=C(NN=Cc1cc2ccccc2[nH]c1=O)C(=O)Nc1ccc(Cl)cc1. The number of halogens is 1. The average molecular weight is 369 g/mol. The van der Waals surface area contributed by atoms with Gasteiger partial charge in [-0.25, -0.2) is 5.43 Å². The molecule has 0 atom stereocenters. The first-order valence-corrected chi connectivity index (χ1v) is 7.93. The van der Waals surface area contributed by atoms with Gasteiger partial charge in [0.2, 0.25) is 0 Å². The normalized spacial score (nSPS) is 10.8. The van der Waals surface area contributed by atoms with E-state index >= 15 is 0 Å². The van der Waals surface area contributed by atoms with Gasteiger partial charge in [0.15, 0.2) is 0 Å². The number of nitrogens with one attached hydrogen (secondary N) is 3. The highest BCUT2D eigenvalue weighted by Crippen LogP contribution is 2.13. The lowest BCUT2D eigenvalue weighted by Gasteiger charge is -2.03. The number of fused-ring (bicyclic) bond motifs is 1. The predicted octanol–water partition coefficient (Wildman–Crippen LogP) is 2.27. The minimum Gasteiger partial charge on any atom is -0.321 e. The number of hydrazone groups is 1. The van der Waals surface area contributed by atoms with E-state index in [0.29, 0.717) is 16.2 Å². The van der Waals surface area contributed by atoms with E-state index in [4.69, 9.17) is 11.6 Å². The molecule has 2 aromatic carbocycles. The fraction of sp³-hybridized carbons (Fsp3) is 0. The van der Waals surface area contributed by atoms with Gasteiger partial charge in [0.05, 0.1) is 11.8 Å². The molecule has 1 aromatic heterocycles. The summed E-state index contributed by atoms with van der Waals surface area (Å²) in [5.74, 6) is -1.86. The maximum Gasteiger partial charge on any atom is 0.329 e. The third-order valence-electron chi connectivity index (χ3n) is 3.46. The Hall–Kier alpha value is -3.45. The zero-order chi connectivity index (χ0) is 18.5. The van der Waals surface area contributed by atoms with Crippen LogP contribution in [0.3, 0.4) is 0 Å². The molecule has 3 N–H and O–H groups in total. The molecule has 3 aromatic rings. The number of hydrogen-bond donors (Lipinski definition) is 3. The summed E-state index contributed by atoms with van der Waals surface area (Å²) in [6.07, 6.45) is 1.18. The smallest absolute Gasteiger partial charge is 0.321 e. The number of rotatable bonds is 3. The lowest BCUT2D eigenvalue weighted by molar-refractivity contribution is -0.136. The Morgan fingerprint density at radius 2 is 1.77 bits per heavy atom. The Morgan fingerprint density at radius 1 is 1.04 bits per heavy atom. The van der Waals surface area contributed by atoms with Crippen LogP contribution in [0.4, 0.5) is 5.69 Å². The van der Waals surface area contributed by atoms with Gasteiger partial charge in [0, 0.05) is 16.2 Å². The van der Waals surface area contributed by atoms with Gasteiger partial charge in [0.25, 0.3) is 5.56 Å². The molecule has 0 saturated carbocycles. The molecule has 0 aliphatic heterocycles. The van der Waals surface area contributed by atoms with E-state index in [1.165, 1.54) is 6.21 Å². The molecule has 0 aliphatic rings. The Labute approximate surface area is 152 Å².